The van der Waals surface area contributed by atoms with E-state index >= 15 is 0 Å². The first-order valence-corrected chi connectivity index (χ1v) is 4.36. The molecule has 0 aliphatic rings. The van der Waals surface area contributed by atoms with E-state index < -0.39 is 0 Å². The van der Waals surface area contributed by atoms with Crippen molar-refractivity contribution in [3.8, 4) is 5.75 Å². The number of halogens is 1. The van der Waals surface area contributed by atoms with Crippen molar-refractivity contribution < 1.29 is 9.90 Å². The molecule has 1 aromatic rings. The van der Waals surface area contributed by atoms with Gasteiger partial charge >= 0.3 is 0 Å². The molecule has 1 amide bonds. The molecular weight excluding hydrogens is 204 g/mol. The Labute approximate surface area is 86.2 Å². The van der Waals surface area contributed by atoms with Gasteiger partial charge in [-0.3, -0.25) is 9.79 Å². The SMILES string of the molecule is C=Nc1cc(NC(=O)CCl)ccc1O. The molecule has 0 unspecified atom stereocenters. The number of carbonyl (C=O) groups is 1. The van der Waals surface area contributed by atoms with E-state index in [1.807, 2.05) is 0 Å². The molecule has 0 aromatic heterocycles. The molecular formula is C9H9ClN2O2. The van der Waals surface area contributed by atoms with Gasteiger partial charge < -0.3 is 10.4 Å². The second-order valence-electron chi connectivity index (χ2n) is 2.54. The maximum atomic E-state index is 10.9. The summed E-state index contributed by atoms with van der Waals surface area (Å²) in [5.41, 5.74) is 0.841. The number of benzene rings is 1. The first kappa shape index (κ1) is 10.5. The quantitative estimate of drug-likeness (QED) is 0.457. The van der Waals surface area contributed by atoms with E-state index in [1.54, 1.807) is 6.07 Å². The molecule has 14 heavy (non-hydrogen) atoms. The third-order valence-electron chi connectivity index (χ3n) is 1.55. The minimum Gasteiger partial charge on any atom is -0.506 e. The van der Waals surface area contributed by atoms with Gasteiger partial charge in [-0.2, -0.15) is 0 Å². The van der Waals surface area contributed by atoms with Crippen molar-refractivity contribution in [2.45, 2.75) is 0 Å². The highest BCUT2D eigenvalue weighted by Crippen LogP contribution is 2.28. The smallest absolute Gasteiger partial charge is 0.239 e. The Morgan fingerprint density at radius 3 is 2.93 bits per heavy atom. The van der Waals surface area contributed by atoms with E-state index in [1.165, 1.54) is 12.1 Å². The largest absolute Gasteiger partial charge is 0.506 e. The minimum atomic E-state index is -0.313. The molecule has 4 nitrogen and oxygen atoms in total. The molecule has 0 fully saturated rings. The summed E-state index contributed by atoms with van der Waals surface area (Å²) in [4.78, 5) is 14.5. The summed E-state index contributed by atoms with van der Waals surface area (Å²) in [5.74, 6) is -0.409. The lowest BCUT2D eigenvalue weighted by atomic mass is 10.2. The Kier molecular flexibility index (Phi) is 3.48. The number of nitrogens with one attached hydrogen (secondary N) is 1. The Bertz CT molecular complexity index is 366. The summed E-state index contributed by atoms with van der Waals surface area (Å²) in [6.45, 7) is 3.28. The highest BCUT2D eigenvalue weighted by Gasteiger charge is 2.03. The molecule has 0 heterocycles. The van der Waals surface area contributed by atoms with Crippen molar-refractivity contribution in [3.63, 3.8) is 0 Å². The molecule has 74 valence electrons. The van der Waals surface area contributed by atoms with E-state index in [4.69, 9.17) is 11.6 Å². The Balaban J connectivity index is 2.89. The zero-order valence-corrected chi connectivity index (χ0v) is 8.08. The monoisotopic (exact) mass is 212 g/mol. The maximum absolute atomic E-state index is 10.9. The summed E-state index contributed by atoms with van der Waals surface area (Å²) >= 11 is 5.31. The maximum Gasteiger partial charge on any atom is 0.239 e. The Morgan fingerprint density at radius 2 is 2.36 bits per heavy atom. The zero-order chi connectivity index (χ0) is 10.6. The van der Waals surface area contributed by atoms with E-state index in [2.05, 4.69) is 17.0 Å². The first-order chi connectivity index (χ1) is 6.67. The van der Waals surface area contributed by atoms with Gasteiger partial charge in [0.2, 0.25) is 5.91 Å². The number of phenols is 1. The van der Waals surface area contributed by atoms with Gasteiger partial charge in [0.1, 0.15) is 17.3 Å². The average molecular weight is 213 g/mol. The molecule has 1 rings (SSSR count). The lowest BCUT2D eigenvalue weighted by molar-refractivity contribution is -0.113. The number of hydrogen-bond acceptors (Lipinski definition) is 3. The minimum absolute atomic E-state index is 0.0175. The number of anilines is 1. The van der Waals surface area contributed by atoms with Crippen LogP contribution >= 0.6 is 11.6 Å². The van der Waals surface area contributed by atoms with Crippen molar-refractivity contribution >= 4 is 35.6 Å². The van der Waals surface area contributed by atoms with Crippen molar-refractivity contribution in [2.24, 2.45) is 4.99 Å². The third kappa shape index (κ3) is 2.47. The second-order valence-corrected chi connectivity index (χ2v) is 2.81. The predicted molar refractivity (Wildman–Crippen MR) is 56.7 cm³/mol. The molecule has 5 heteroatoms. The van der Waals surface area contributed by atoms with Gasteiger partial charge in [0, 0.05) is 5.69 Å². The van der Waals surface area contributed by atoms with Crippen LogP contribution in [0.3, 0.4) is 0 Å². The van der Waals surface area contributed by atoms with E-state index in [-0.39, 0.29) is 17.5 Å². The average Bonchev–Trinajstić information content (AvgIpc) is 2.20. The summed E-state index contributed by atoms with van der Waals surface area (Å²) in [5, 5.41) is 11.8. The van der Waals surface area contributed by atoms with Crippen LogP contribution in [-0.4, -0.2) is 23.6 Å². The van der Waals surface area contributed by atoms with E-state index in [0.717, 1.165) is 0 Å². The van der Waals surface area contributed by atoms with Crippen LogP contribution in [0, 0.1) is 0 Å². The number of rotatable bonds is 3. The van der Waals surface area contributed by atoms with Gasteiger partial charge in [0.25, 0.3) is 0 Å². The number of aromatic hydroxyl groups is 1. The lowest BCUT2D eigenvalue weighted by Gasteiger charge is -2.04. The van der Waals surface area contributed by atoms with Gasteiger partial charge in [0.05, 0.1) is 0 Å². The van der Waals surface area contributed by atoms with Crippen LogP contribution < -0.4 is 5.32 Å². The molecule has 1 aromatic carbocycles. The number of aliphatic imine (C=N–C) groups is 1. The number of phenolic OH excluding ortho intramolecular Hbond substituents is 1. The second kappa shape index (κ2) is 4.62. The van der Waals surface area contributed by atoms with Crippen LogP contribution in [0.15, 0.2) is 23.2 Å². The molecule has 0 aliphatic carbocycles. The highest BCUT2D eigenvalue weighted by molar-refractivity contribution is 6.29. The summed E-state index contributed by atoms with van der Waals surface area (Å²) in [7, 11) is 0. The van der Waals surface area contributed by atoms with Crippen LogP contribution in [0.2, 0.25) is 0 Å². The van der Waals surface area contributed by atoms with Crippen LogP contribution in [0.4, 0.5) is 11.4 Å². The predicted octanol–water partition coefficient (Wildman–Crippen LogP) is 1.90. The highest BCUT2D eigenvalue weighted by atomic mass is 35.5. The third-order valence-corrected chi connectivity index (χ3v) is 1.79. The van der Waals surface area contributed by atoms with Gasteiger partial charge in [-0.25, -0.2) is 0 Å². The van der Waals surface area contributed by atoms with Gasteiger partial charge in [0.15, 0.2) is 0 Å². The van der Waals surface area contributed by atoms with Crippen LogP contribution in [-0.2, 0) is 4.79 Å². The molecule has 0 saturated carbocycles. The lowest BCUT2D eigenvalue weighted by Crippen LogP contribution is -2.12. The van der Waals surface area contributed by atoms with Crippen LogP contribution in [0.5, 0.6) is 5.75 Å². The Hall–Kier alpha value is -1.55. The number of amides is 1. The molecule has 0 saturated heterocycles. The van der Waals surface area contributed by atoms with Crippen molar-refractivity contribution in [3.05, 3.63) is 18.2 Å². The number of carbonyl (C=O) groups excluding carboxylic acids is 1. The van der Waals surface area contributed by atoms with Crippen molar-refractivity contribution in [2.75, 3.05) is 11.2 Å². The fraction of sp³-hybridized carbons (Fsp3) is 0.111. The van der Waals surface area contributed by atoms with Crippen LogP contribution in [0.25, 0.3) is 0 Å². The van der Waals surface area contributed by atoms with Crippen LogP contribution in [0.1, 0.15) is 0 Å². The topological polar surface area (TPSA) is 61.7 Å². The normalized spacial score (nSPS) is 9.50. The fourth-order valence-electron chi connectivity index (χ4n) is 0.922. The molecule has 0 bridgehead atoms. The zero-order valence-electron chi connectivity index (χ0n) is 7.33. The van der Waals surface area contributed by atoms with E-state index in [9.17, 15) is 9.90 Å². The Morgan fingerprint density at radius 1 is 1.64 bits per heavy atom. The van der Waals surface area contributed by atoms with Crippen molar-refractivity contribution in [1.82, 2.24) is 0 Å². The van der Waals surface area contributed by atoms with Gasteiger partial charge in [-0.05, 0) is 24.9 Å². The summed E-state index contributed by atoms with van der Waals surface area (Å²) < 4.78 is 0. The van der Waals surface area contributed by atoms with Gasteiger partial charge in [-0.1, -0.05) is 0 Å². The molecule has 0 atom stereocenters. The van der Waals surface area contributed by atoms with E-state index in [0.29, 0.717) is 11.4 Å². The molecule has 0 aliphatic heterocycles. The molecule has 2 N–H and O–H groups in total. The number of alkyl halides is 1. The number of hydrogen-bond donors (Lipinski definition) is 2. The number of nitrogens with zero attached hydrogens (tertiary/aromatic N) is 1. The summed E-state index contributed by atoms with van der Waals surface area (Å²) in [6, 6.07) is 4.48. The standard InChI is InChI=1S/C9H9ClN2O2/c1-11-7-4-6(2-3-8(7)13)12-9(14)5-10/h2-4,13H,1,5H2,(H,12,14). The summed E-state index contributed by atoms with van der Waals surface area (Å²) in [6.07, 6.45) is 0. The molecule has 0 spiro atoms. The van der Waals surface area contributed by atoms with Crippen molar-refractivity contribution in [1.29, 1.82) is 0 Å². The fourth-order valence-corrected chi connectivity index (χ4v) is 0.989. The first-order valence-electron chi connectivity index (χ1n) is 3.83. The van der Waals surface area contributed by atoms with Gasteiger partial charge in [-0.15, -0.1) is 11.6 Å². The molecule has 0 radical (unpaired) electrons.